The lowest BCUT2D eigenvalue weighted by Gasteiger charge is -1.99. The molecule has 0 aliphatic heterocycles. The maximum Gasteiger partial charge on any atom is 0.335 e. The van der Waals surface area contributed by atoms with E-state index in [-0.39, 0.29) is 11.5 Å². The minimum atomic E-state index is -0.470. The molecule has 19 heavy (non-hydrogen) atoms. The third kappa shape index (κ3) is 2.99. The second-order valence-corrected chi connectivity index (χ2v) is 5.56. The van der Waals surface area contributed by atoms with Crippen LogP contribution in [0.4, 0.5) is 11.5 Å². The molecule has 0 spiro atoms. The van der Waals surface area contributed by atoms with E-state index in [1.54, 1.807) is 20.2 Å². The van der Waals surface area contributed by atoms with Crippen LogP contribution in [0, 0.1) is 17.0 Å². The zero-order chi connectivity index (χ0) is 14.0. The van der Waals surface area contributed by atoms with Crippen molar-refractivity contribution in [1.29, 1.82) is 0 Å². The van der Waals surface area contributed by atoms with Gasteiger partial charge in [-0.2, -0.15) is 10.2 Å². The summed E-state index contributed by atoms with van der Waals surface area (Å²) in [4.78, 5) is 11.4. The molecule has 1 N–H and O–H groups in total. The number of nitrogens with one attached hydrogen (secondary N) is 1. The average Bonchev–Trinajstić information content (AvgIpc) is 2.84. The summed E-state index contributed by atoms with van der Waals surface area (Å²) < 4.78 is 2.37. The average molecular weight is 344 g/mol. The molecule has 0 atom stereocenters. The zero-order valence-electron chi connectivity index (χ0n) is 10.1. The second-order valence-electron chi connectivity index (χ2n) is 3.70. The molecule has 0 saturated carbocycles. The van der Waals surface area contributed by atoms with Crippen molar-refractivity contribution in [2.75, 3.05) is 5.43 Å². The Bertz CT molecular complexity index is 648. The van der Waals surface area contributed by atoms with Gasteiger partial charge in [-0.25, -0.2) is 4.68 Å². The van der Waals surface area contributed by atoms with Crippen molar-refractivity contribution in [2.24, 2.45) is 12.1 Å². The van der Waals surface area contributed by atoms with E-state index in [0.29, 0.717) is 5.69 Å². The van der Waals surface area contributed by atoms with Gasteiger partial charge in [0.25, 0.3) is 0 Å². The summed E-state index contributed by atoms with van der Waals surface area (Å²) in [6, 6.07) is 1.90. The van der Waals surface area contributed by atoms with E-state index in [1.807, 2.05) is 11.4 Å². The molecule has 0 radical (unpaired) electrons. The van der Waals surface area contributed by atoms with Crippen molar-refractivity contribution in [3.63, 3.8) is 0 Å². The topological polar surface area (TPSA) is 85.3 Å². The largest absolute Gasteiger partial charge is 0.335 e. The van der Waals surface area contributed by atoms with Crippen molar-refractivity contribution < 1.29 is 4.92 Å². The first kappa shape index (κ1) is 13.7. The number of rotatable bonds is 4. The summed E-state index contributed by atoms with van der Waals surface area (Å²) in [5.74, 6) is 0.259. The van der Waals surface area contributed by atoms with Crippen molar-refractivity contribution >= 4 is 45.0 Å². The van der Waals surface area contributed by atoms with Gasteiger partial charge < -0.3 is 0 Å². The van der Waals surface area contributed by atoms with E-state index in [2.05, 4.69) is 31.6 Å². The van der Waals surface area contributed by atoms with Gasteiger partial charge in [0, 0.05) is 21.8 Å². The summed E-state index contributed by atoms with van der Waals surface area (Å²) in [5, 5.41) is 20.9. The van der Waals surface area contributed by atoms with Crippen LogP contribution < -0.4 is 5.43 Å². The van der Waals surface area contributed by atoms with E-state index >= 15 is 0 Å². The number of aryl methyl sites for hydroxylation is 2. The fraction of sp³-hybridized carbons (Fsp3) is 0.200. The minimum absolute atomic E-state index is 0.0630. The summed E-state index contributed by atoms with van der Waals surface area (Å²) in [6.45, 7) is 1.59. The highest BCUT2D eigenvalue weighted by Gasteiger charge is 2.23. The van der Waals surface area contributed by atoms with E-state index in [0.717, 1.165) is 9.35 Å². The summed E-state index contributed by atoms with van der Waals surface area (Å²) in [6.07, 6.45) is 1.60. The maximum absolute atomic E-state index is 10.9. The van der Waals surface area contributed by atoms with Gasteiger partial charge >= 0.3 is 5.69 Å². The van der Waals surface area contributed by atoms with Gasteiger partial charge in [0.05, 0.1) is 11.1 Å². The van der Waals surface area contributed by atoms with Crippen molar-refractivity contribution in [3.05, 3.63) is 36.6 Å². The number of hydrogen-bond donors (Lipinski definition) is 1. The fourth-order valence-corrected chi connectivity index (χ4v) is 2.85. The number of anilines is 1. The Morgan fingerprint density at radius 3 is 3.00 bits per heavy atom. The maximum atomic E-state index is 10.9. The Morgan fingerprint density at radius 2 is 2.42 bits per heavy atom. The van der Waals surface area contributed by atoms with Gasteiger partial charge in [-0.1, -0.05) is 0 Å². The number of halogens is 1. The third-order valence-electron chi connectivity index (χ3n) is 2.32. The molecule has 0 aliphatic carbocycles. The van der Waals surface area contributed by atoms with Gasteiger partial charge in [-0.3, -0.25) is 15.5 Å². The fourth-order valence-electron chi connectivity index (χ4n) is 1.54. The minimum Gasteiger partial charge on any atom is -0.258 e. The molecule has 2 aromatic heterocycles. The molecule has 0 saturated heterocycles. The predicted octanol–water partition coefficient (Wildman–Crippen LogP) is 2.91. The molecule has 0 aliphatic rings. The smallest absolute Gasteiger partial charge is 0.258 e. The quantitative estimate of drug-likeness (QED) is 0.525. The number of hydrazone groups is 1. The van der Waals surface area contributed by atoms with E-state index in [9.17, 15) is 10.1 Å². The van der Waals surface area contributed by atoms with Gasteiger partial charge in [-0.15, -0.1) is 11.3 Å². The molecular formula is C10H10BrN5O2S. The molecule has 0 fully saturated rings. The number of thiophene rings is 1. The standard InChI is InChI=1S/C10H10BrN5O2S/c1-6-9(16(17)18)10(15(2)14-6)13-12-4-8-3-7(11)5-19-8/h3-5,13H,1-2H3/b12-4-. The summed E-state index contributed by atoms with van der Waals surface area (Å²) in [7, 11) is 1.62. The highest BCUT2D eigenvalue weighted by atomic mass is 79.9. The number of nitro groups is 1. The molecule has 9 heteroatoms. The lowest BCUT2D eigenvalue weighted by atomic mass is 10.4. The van der Waals surface area contributed by atoms with Crippen molar-refractivity contribution in [1.82, 2.24) is 9.78 Å². The highest BCUT2D eigenvalue weighted by Crippen LogP contribution is 2.27. The molecule has 7 nitrogen and oxygen atoms in total. The van der Waals surface area contributed by atoms with E-state index in [4.69, 9.17) is 0 Å². The number of aromatic nitrogens is 2. The lowest BCUT2D eigenvalue weighted by Crippen LogP contribution is -2.01. The molecule has 0 amide bonds. The number of hydrogen-bond acceptors (Lipinski definition) is 6. The second kappa shape index (κ2) is 5.49. The van der Waals surface area contributed by atoms with Gasteiger partial charge in [0.15, 0.2) is 0 Å². The van der Waals surface area contributed by atoms with Crippen molar-refractivity contribution in [3.8, 4) is 0 Å². The molecule has 2 heterocycles. The monoisotopic (exact) mass is 343 g/mol. The molecule has 100 valence electrons. The third-order valence-corrected chi connectivity index (χ3v) is 3.95. The Labute approximate surface area is 121 Å². The Hall–Kier alpha value is -1.74. The Kier molecular flexibility index (Phi) is 3.96. The van der Waals surface area contributed by atoms with Gasteiger partial charge in [-0.05, 0) is 28.9 Å². The SMILES string of the molecule is Cc1nn(C)c(N/N=C\c2cc(Br)cs2)c1[N+](=O)[O-]. The van der Waals surface area contributed by atoms with Crippen LogP contribution in [-0.2, 0) is 7.05 Å². The number of nitrogens with zero attached hydrogens (tertiary/aromatic N) is 4. The molecule has 0 unspecified atom stereocenters. The predicted molar refractivity (Wildman–Crippen MR) is 77.8 cm³/mol. The molecule has 2 rings (SSSR count). The van der Waals surface area contributed by atoms with Crippen molar-refractivity contribution in [2.45, 2.75) is 6.92 Å². The molecule has 0 aromatic carbocycles. The molecular weight excluding hydrogens is 334 g/mol. The normalized spacial score (nSPS) is 11.1. The van der Waals surface area contributed by atoms with Crippen LogP contribution in [0.2, 0.25) is 0 Å². The van der Waals surface area contributed by atoms with Gasteiger partial charge in [0.1, 0.15) is 5.69 Å². The van der Waals surface area contributed by atoms with Crippen LogP contribution in [-0.4, -0.2) is 20.9 Å². The Balaban J connectivity index is 2.20. The first-order valence-electron chi connectivity index (χ1n) is 5.20. The summed E-state index contributed by atoms with van der Waals surface area (Å²) in [5.41, 5.74) is 2.95. The van der Waals surface area contributed by atoms with Gasteiger partial charge in [0.2, 0.25) is 5.82 Å². The highest BCUT2D eigenvalue weighted by molar-refractivity contribution is 9.10. The first-order chi connectivity index (χ1) is 8.99. The van der Waals surface area contributed by atoms with Crippen LogP contribution in [0.5, 0.6) is 0 Å². The molecule has 0 bridgehead atoms. The Morgan fingerprint density at radius 1 is 1.68 bits per heavy atom. The summed E-state index contributed by atoms with van der Waals surface area (Å²) >= 11 is 4.85. The van der Waals surface area contributed by atoms with Crippen LogP contribution in [0.1, 0.15) is 10.6 Å². The van der Waals surface area contributed by atoms with Crippen LogP contribution >= 0.6 is 27.3 Å². The van der Waals surface area contributed by atoms with E-state index in [1.165, 1.54) is 16.0 Å². The van der Waals surface area contributed by atoms with Crippen LogP contribution in [0.15, 0.2) is 21.0 Å². The van der Waals surface area contributed by atoms with Crippen LogP contribution in [0.25, 0.3) is 0 Å². The zero-order valence-corrected chi connectivity index (χ0v) is 12.5. The molecule has 2 aromatic rings. The van der Waals surface area contributed by atoms with E-state index < -0.39 is 4.92 Å². The van der Waals surface area contributed by atoms with Crippen LogP contribution in [0.3, 0.4) is 0 Å². The first-order valence-corrected chi connectivity index (χ1v) is 6.87. The lowest BCUT2D eigenvalue weighted by molar-refractivity contribution is -0.384.